The molecule has 0 aromatic carbocycles. The van der Waals surface area contributed by atoms with Crippen LogP contribution in [0.2, 0.25) is 0 Å². The first kappa shape index (κ1) is 65.1. The van der Waals surface area contributed by atoms with Gasteiger partial charge in [-0.3, -0.25) is 0 Å². The third kappa shape index (κ3) is 90.6. The van der Waals surface area contributed by atoms with Gasteiger partial charge in [-0.2, -0.15) is 0 Å². The molecule has 0 bridgehead atoms. The van der Waals surface area contributed by atoms with Crippen LogP contribution in [0.15, 0.2) is 12.2 Å². The summed E-state index contributed by atoms with van der Waals surface area (Å²) in [4.78, 5) is 9.60. The van der Waals surface area contributed by atoms with Crippen LogP contribution in [0.4, 0.5) is 0 Å². The number of hydrogen-bond donors (Lipinski definition) is 15. The summed E-state index contributed by atoms with van der Waals surface area (Å²) < 4.78 is 0. The second kappa shape index (κ2) is 57.9. The normalized spacial score (nSPS) is 9.69. The van der Waals surface area contributed by atoms with Crippen molar-refractivity contribution in [2.45, 2.75) is 55.4 Å². The monoisotopic (exact) mass is 717 g/mol. The van der Waals surface area contributed by atoms with Crippen molar-refractivity contribution in [3.05, 3.63) is 12.2 Å². The molecule has 300 valence electrons. The van der Waals surface area contributed by atoms with Crippen LogP contribution >= 0.6 is 0 Å². The van der Waals surface area contributed by atoms with E-state index in [0.29, 0.717) is 0 Å². The van der Waals surface area contributed by atoms with Gasteiger partial charge in [0.1, 0.15) is 0 Å². The van der Waals surface area contributed by atoms with Gasteiger partial charge in [-0.05, 0) is 6.92 Å². The van der Waals surface area contributed by atoms with Gasteiger partial charge in [-0.25, -0.2) is 4.79 Å². The summed E-state index contributed by atoms with van der Waals surface area (Å²) in [6.45, 7) is 18.2. The number of aliphatic hydroxyl groups is 14. The zero-order chi connectivity index (χ0) is 40.1. The van der Waals surface area contributed by atoms with E-state index in [1.807, 2.05) is 0 Å². The largest absolute Gasteiger partial charge is 0.478 e. The lowest BCUT2D eigenvalue weighted by atomic mass is 10.2. The Kier molecular flexibility index (Phi) is 78.5. The van der Waals surface area contributed by atoms with Crippen LogP contribution in [-0.2, 0) is 4.79 Å². The van der Waals surface area contributed by atoms with E-state index in [9.17, 15) is 4.79 Å². The molecule has 0 radical (unpaired) electrons. The minimum Gasteiger partial charge on any atom is -0.478 e. The molecule has 16 nitrogen and oxygen atoms in total. The molecule has 48 heavy (non-hydrogen) atoms. The van der Waals surface area contributed by atoms with E-state index in [1.54, 1.807) is 48.5 Å². The Labute approximate surface area is 288 Å². The summed E-state index contributed by atoms with van der Waals surface area (Å²) in [6.07, 6.45) is 0. The molecule has 0 spiro atoms. The van der Waals surface area contributed by atoms with Crippen molar-refractivity contribution in [3.63, 3.8) is 0 Å². The number of rotatable bonds is 15. The lowest BCUT2D eigenvalue weighted by Gasteiger charge is -1.97. The second-order valence-electron chi connectivity index (χ2n) is 11.4. The van der Waals surface area contributed by atoms with Crippen molar-refractivity contribution in [2.24, 2.45) is 41.4 Å². The fraction of sp³-hybridized carbons (Fsp3) is 0.906. The van der Waals surface area contributed by atoms with Crippen molar-refractivity contribution in [1.82, 2.24) is 0 Å². The van der Waals surface area contributed by atoms with Crippen LogP contribution < -0.4 is 0 Å². The quantitative estimate of drug-likeness (QED) is 0.0807. The van der Waals surface area contributed by atoms with E-state index in [0.717, 1.165) is 0 Å². The average molecular weight is 717 g/mol. The Morgan fingerprint density at radius 1 is 0.354 bits per heavy atom. The Morgan fingerprint density at radius 2 is 0.417 bits per heavy atom. The van der Waals surface area contributed by atoms with Gasteiger partial charge in [0, 0.05) is 139 Å². The molecule has 0 saturated carbocycles. The van der Waals surface area contributed by atoms with E-state index in [-0.39, 0.29) is 139 Å². The molecule has 15 N–H and O–H groups in total. The molecule has 0 aromatic rings. The van der Waals surface area contributed by atoms with E-state index in [2.05, 4.69) is 6.58 Å². The maximum absolute atomic E-state index is 9.60. The minimum absolute atomic E-state index is 0.0463. The standard InChI is InChI=1S/7C4H10O2.C4H6O2/c7*1-4(2-5)3-6;1-3(2)4(5)6/h7*4-6H,2-3H2,1H3;1H2,2H3,(H,5,6). The van der Waals surface area contributed by atoms with Crippen LogP contribution in [0.25, 0.3) is 0 Å². The zero-order valence-electron chi connectivity index (χ0n) is 30.8. The molecule has 0 fully saturated rings. The van der Waals surface area contributed by atoms with Crippen molar-refractivity contribution in [1.29, 1.82) is 0 Å². The zero-order valence-corrected chi connectivity index (χ0v) is 30.8. The molecule has 0 atom stereocenters. The van der Waals surface area contributed by atoms with E-state index >= 15 is 0 Å². The fourth-order valence-electron chi connectivity index (χ4n) is 0.404. The van der Waals surface area contributed by atoms with Gasteiger partial charge in [-0.1, -0.05) is 55.0 Å². The molecule has 0 amide bonds. The first-order chi connectivity index (χ1) is 22.3. The molecule has 0 aliphatic heterocycles. The molecule has 16 heteroatoms. The number of aliphatic hydroxyl groups excluding tert-OH is 14. The van der Waals surface area contributed by atoms with Crippen molar-refractivity contribution >= 4 is 5.97 Å². The highest BCUT2D eigenvalue weighted by Crippen LogP contribution is 1.88. The van der Waals surface area contributed by atoms with E-state index in [4.69, 9.17) is 76.6 Å². The summed E-state index contributed by atoms with van der Waals surface area (Å²) in [5.41, 5.74) is 0.176. The van der Waals surface area contributed by atoms with Gasteiger partial charge in [0.15, 0.2) is 0 Å². The lowest BCUT2D eigenvalue weighted by molar-refractivity contribution is -0.132. The van der Waals surface area contributed by atoms with Crippen molar-refractivity contribution < 1.29 is 81.4 Å². The van der Waals surface area contributed by atoms with Crippen LogP contribution in [0, 0.1) is 41.4 Å². The summed E-state index contributed by atoms with van der Waals surface area (Å²) >= 11 is 0. The maximum Gasteiger partial charge on any atom is 0.330 e. The minimum atomic E-state index is -0.935. The number of carboxylic acid groups (broad SMARTS) is 1. The third-order valence-corrected chi connectivity index (χ3v) is 4.73. The third-order valence-electron chi connectivity index (χ3n) is 4.73. The summed E-state index contributed by atoms with van der Waals surface area (Å²) in [6, 6.07) is 0. The first-order valence-electron chi connectivity index (χ1n) is 15.7. The molecule has 0 aliphatic carbocycles. The summed E-state index contributed by atoms with van der Waals surface area (Å²) in [5, 5.41) is 122. The van der Waals surface area contributed by atoms with Crippen LogP contribution in [0.1, 0.15) is 55.4 Å². The Hall–Kier alpha value is -1.35. The highest BCUT2D eigenvalue weighted by Gasteiger charge is 1.95. The van der Waals surface area contributed by atoms with Crippen LogP contribution in [0.3, 0.4) is 0 Å². The van der Waals surface area contributed by atoms with E-state index < -0.39 is 5.97 Å². The molecular formula is C32H76O16. The topological polar surface area (TPSA) is 321 Å². The first-order valence-corrected chi connectivity index (χ1v) is 15.7. The number of hydrogen-bond acceptors (Lipinski definition) is 15. The average Bonchev–Trinajstić information content (AvgIpc) is 3.13. The molecule has 0 unspecified atom stereocenters. The molecule has 0 aromatic heterocycles. The molecule has 0 aliphatic rings. The summed E-state index contributed by atoms with van der Waals surface area (Å²) in [7, 11) is 0. The van der Waals surface area contributed by atoms with Gasteiger partial charge >= 0.3 is 5.97 Å². The predicted octanol–water partition coefficient (Wildman–Crippen LogP) is -2.10. The van der Waals surface area contributed by atoms with Crippen LogP contribution in [-0.4, -0.2) is 175 Å². The van der Waals surface area contributed by atoms with Gasteiger partial charge in [0.05, 0.1) is 0 Å². The highest BCUT2D eigenvalue weighted by molar-refractivity contribution is 5.84. The lowest BCUT2D eigenvalue weighted by Crippen LogP contribution is -2.04. The number of aliphatic carboxylic acids is 1. The molecule has 0 rings (SSSR count). The molecule has 0 heterocycles. The number of carbonyl (C=O) groups is 1. The van der Waals surface area contributed by atoms with Gasteiger partial charge in [0.2, 0.25) is 0 Å². The second-order valence-corrected chi connectivity index (χ2v) is 11.4. The molecular weight excluding hydrogens is 640 g/mol. The van der Waals surface area contributed by atoms with Crippen molar-refractivity contribution in [2.75, 3.05) is 92.5 Å². The van der Waals surface area contributed by atoms with Crippen LogP contribution in [0.5, 0.6) is 0 Å². The summed E-state index contributed by atoms with van der Waals surface area (Å²) in [5.74, 6) is -0.611. The van der Waals surface area contributed by atoms with Gasteiger partial charge in [0.25, 0.3) is 0 Å². The Morgan fingerprint density at radius 3 is 0.417 bits per heavy atom. The van der Waals surface area contributed by atoms with Gasteiger partial charge in [-0.15, -0.1) is 0 Å². The smallest absolute Gasteiger partial charge is 0.330 e. The number of carboxylic acids is 1. The molecule has 0 saturated heterocycles. The Bertz CT molecular complexity index is 420. The Balaban J connectivity index is -0.0000000635. The highest BCUT2D eigenvalue weighted by atomic mass is 16.4. The van der Waals surface area contributed by atoms with Crippen molar-refractivity contribution in [3.8, 4) is 0 Å². The predicted molar refractivity (Wildman–Crippen MR) is 186 cm³/mol. The van der Waals surface area contributed by atoms with Gasteiger partial charge < -0.3 is 76.6 Å². The maximum atomic E-state index is 9.60. The van der Waals surface area contributed by atoms with E-state index in [1.165, 1.54) is 6.92 Å². The fourth-order valence-corrected chi connectivity index (χ4v) is 0.404. The SMILES string of the molecule is C=C(C)C(=O)O.CC(CO)CO.CC(CO)CO.CC(CO)CO.CC(CO)CO.CC(CO)CO.CC(CO)CO.CC(CO)CO.